The highest BCUT2D eigenvalue weighted by molar-refractivity contribution is 8.01. The Hall–Kier alpha value is -1.48. The minimum atomic E-state index is -4.67. The Balaban J connectivity index is 1.58. The van der Waals surface area contributed by atoms with Crippen LogP contribution in [0.4, 0.5) is 18.3 Å². The van der Waals surface area contributed by atoms with Crippen molar-refractivity contribution in [1.82, 2.24) is 10.2 Å². The van der Waals surface area contributed by atoms with E-state index in [1.165, 1.54) is 48.1 Å². The predicted molar refractivity (Wildman–Crippen MR) is 84.0 cm³/mol. The molecule has 0 bridgehead atoms. The van der Waals surface area contributed by atoms with Crippen molar-refractivity contribution in [2.45, 2.75) is 41.8 Å². The number of thioether (sulfide) groups is 1. The van der Waals surface area contributed by atoms with Crippen molar-refractivity contribution in [3.63, 3.8) is 0 Å². The molecule has 9 heteroatoms. The van der Waals surface area contributed by atoms with Gasteiger partial charge >= 0.3 is 6.36 Å². The van der Waals surface area contributed by atoms with Gasteiger partial charge in [0.15, 0.2) is 4.34 Å². The Labute approximate surface area is 139 Å². The Kier molecular flexibility index (Phi) is 4.67. The van der Waals surface area contributed by atoms with Gasteiger partial charge in [-0.3, -0.25) is 0 Å². The van der Waals surface area contributed by atoms with Gasteiger partial charge in [0.25, 0.3) is 0 Å². The average Bonchev–Trinajstić information content (AvgIpc) is 3.17. The van der Waals surface area contributed by atoms with Crippen molar-refractivity contribution in [3.05, 3.63) is 29.8 Å². The van der Waals surface area contributed by atoms with Crippen LogP contribution in [-0.4, -0.2) is 22.6 Å². The van der Waals surface area contributed by atoms with Crippen LogP contribution in [0.5, 0.6) is 5.75 Å². The summed E-state index contributed by atoms with van der Waals surface area (Å²) in [6.07, 6.45) is -2.32. The summed E-state index contributed by atoms with van der Waals surface area (Å²) in [4.78, 5) is 0. The second kappa shape index (κ2) is 6.56. The number of hydrogen-bond acceptors (Lipinski definition) is 6. The third-order valence-corrected chi connectivity index (χ3v) is 5.27. The number of anilines is 1. The fraction of sp³-hybridized carbons (Fsp3) is 0.429. The van der Waals surface area contributed by atoms with Crippen LogP contribution in [-0.2, 0) is 0 Å². The number of rotatable bonds is 6. The van der Waals surface area contributed by atoms with Gasteiger partial charge in [0.1, 0.15) is 5.75 Å². The molecule has 1 aliphatic carbocycles. The van der Waals surface area contributed by atoms with Crippen LogP contribution in [0.3, 0.4) is 0 Å². The van der Waals surface area contributed by atoms with Gasteiger partial charge in [0.2, 0.25) is 5.13 Å². The molecule has 3 rings (SSSR count). The van der Waals surface area contributed by atoms with E-state index in [0.29, 0.717) is 6.04 Å². The second-order valence-corrected chi connectivity index (χ2v) is 7.73. The van der Waals surface area contributed by atoms with E-state index in [1.807, 2.05) is 6.92 Å². The van der Waals surface area contributed by atoms with Crippen LogP contribution in [0, 0.1) is 0 Å². The van der Waals surface area contributed by atoms with E-state index in [-0.39, 0.29) is 11.0 Å². The summed E-state index contributed by atoms with van der Waals surface area (Å²) < 4.78 is 41.1. The molecule has 0 amide bonds. The smallest absolute Gasteiger partial charge is 0.406 e. The number of nitrogens with one attached hydrogen (secondary N) is 1. The quantitative estimate of drug-likeness (QED) is 0.744. The normalized spacial score (nSPS) is 16.2. The predicted octanol–water partition coefficient (Wildman–Crippen LogP) is 4.86. The van der Waals surface area contributed by atoms with Crippen LogP contribution in [0.1, 0.15) is 30.6 Å². The first-order valence-electron chi connectivity index (χ1n) is 7.01. The molecule has 0 aliphatic heterocycles. The Morgan fingerprint density at radius 1 is 1.26 bits per heavy atom. The van der Waals surface area contributed by atoms with Crippen LogP contribution in [0.25, 0.3) is 0 Å². The lowest BCUT2D eigenvalue weighted by Gasteiger charge is -2.12. The number of nitrogens with zero attached hydrogens (tertiary/aromatic N) is 2. The summed E-state index contributed by atoms with van der Waals surface area (Å²) in [6.45, 7) is 1.97. The number of alkyl halides is 3. The Morgan fingerprint density at radius 3 is 2.57 bits per heavy atom. The molecule has 1 aromatic carbocycles. The molecule has 0 saturated heterocycles. The molecule has 124 valence electrons. The van der Waals surface area contributed by atoms with Crippen molar-refractivity contribution in [3.8, 4) is 5.75 Å². The number of halogens is 3. The fourth-order valence-electron chi connectivity index (χ4n) is 1.88. The molecular weight excluding hydrogens is 347 g/mol. The van der Waals surface area contributed by atoms with E-state index in [2.05, 4.69) is 20.3 Å². The third-order valence-electron chi connectivity index (χ3n) is 3.17. The number of benzene rings is 1. The first kappa shape index (κ1) is 16.4. The highest BCUT2D eigenvalue weighted by Crippen LogP contribution is 2.38. The molecule has 1 aromatic heterocycles. The van der Waals surface area contributed by atoms with Gasteiger partial charge in [-0.1, -0.05) is 35.2 Å². The van der Waals surface area contributed by atoms with Crippen LogP contribution >= 0.6 is 23.1 Å². The van der Waals surface area contributed by atoms with E-state index < -0.39 is 6.36 Å². The van der Waals surface area contributed by atoms with Crippen molar-refractivity contribution < 1.29 is 17.9 Å². The minimum absolute atomic E-state index is 0.0525. The lowest BCUT2D eigenvalue weighted by molar-refractivity contribution is -0.274. The van der Waals surface area contributed by atoms with Crippen molar-refractivity contribution in [2.24, 2.45) is 0 Å². The fourth-order valence-corrected chi connectivity index (χ4v) is 3.98. The molecule has 1 fully saturated rings. The van der Waals surface area contributed by atoms with E-state index in [1.54, 1.807) is 12.1 Å². The van der Waals surface area contributed by atoms with Gasteiger partial charge in [-0.05, 0) is 37.5 Å². The Bertz CT molecular complexity index is 656. The zero-order chi connectivity index (χ0) is 16.4. The molecule has 0 spiro atoms. The maximum atomic E-state index is 12.1. The summed E-state index contributed by atoms with van der Waals surface area (Å²) in [7, 11) is 0. The molecule has 1 aliphatic rings. The molecule has 1 unspecified atom stereocenters. The average molecular weight is 361 g/mol. The standard InChI is InChI=1S/C14H14F3N3OS2/c1-8(9-2-6-11(7-3-9)21-14(15,16)17)22-13-20-19-12(23-13)18-10-4-5-10/h2-3,6-8,10H,4-5H2,1H3,(H,18,19). The van der Waals surface area contributed by atoms with Crippen LogP contribution in [0.15, 0.2) is 28.6 Å². The lowest BCUT2D eigenvalue weighted by atomic mass is 10.2. The minimum Gasteiger partial charge on any atom is -0.406 e. The molecule has 23 heavy (non-hydrogen) atoms. The summed E-state index contributed by atoms with van der Waals surface area (Å²) in [5.41, 5.74) is 0.899. The summed E-state index contributed by atoms with van der Waals surface area (Å²) in [6, 6.07) is 6.42. The van der Waals surface area contributed by atoms with E-state index in [0.717, 1.165) is 15.0 Å². The van der Waals surface area contributed by atoms with Gasteiger partial charge < -0.3 is 10.1 Å². The largest absolute Gasteiger partial charge is 0.573 e. The number of ether oxygens (including phenoxy) is 1. The molecule has 1 heterocycles. The number of hydrogen-bond donors (Lipinski definition) is 1. The molecular formula is C14H14F3N3OS2. The molecule has 0 radical (unpaired) electrons. The zero-order valence-electron chi connectivity index (χ0n) is 12.1. The van der Waals surface area contributed by atoms with Gasteiger partial charge in [-0.15, -0.1) is 23.4 Å². The molecule has 1 saturated carbocycles. The topological polar surface area (TPSA) is 47.0 Å². The zero-order valence-corrected chi connectivity index (χ0v) is 13.8. The molecule has 1 atom stereocenters. The Morgan fingerprint density at radius 2 is 1.96 bits per heavy atom. The van der Waals surface area contributed by atoms with E-state index >= 15 is 0 Å². The maximum absolute atomic E-state index is 12.1. The van der Waals surface area contributed by atoms with Crippen molar-refractivity contribution in [2.75, 3.05) is 5.32 Å². The van der Waals surface area contributed by atoms with Gasteiger partial charge in [-0.2, -0.15) is 0 Å². The first-order chi connectivity index (χ1) is 10.9. The molecule has 4 nitrogen and oxygen atoms in total. The summed E-state index contributed by atoms with van der Waals surface area (Å²) in [5, 5.41) is 12.4. The first-order valence-corrected chi connectivity index (χ1v) is 8.71. The summed E-state index contributed by atoms with van der Waals surface area (Å²) in [5.74, 6) is -0.217. The monoisotopic (exact) mass is 361 g/mol. The SMILES string of the molecule is CC(Sc1nnc(NC2CC2)s1)c1ccc(OC(F)(F)F)cc1. The summed E-state index contributed by atoms with van der Waals surface area (Å²) >= 11 is 3.02. The van der Waals surface area contributed by atoms with Crippen LogP contribution in [0.2, 0.25) is 0 Å². The van der Waals surface area contributed by atoms with Crippen LogP contribution < -0.4 is 10.1 Å². The molecule has 2 aromatic rings. The maximum Gasteiger partial charge on any atom is 0.573 e. The highest BCUT2D eigenvalue weighted by Gasteiger charge is 2.31. The van der Waals surface area contributed by atoms with Crippen molar-refractivity contribution in [1.29, 1.82) is 0 Å². The van der Waals surface area contributed by atoms with Crippen molar-refractivity contribution >= 4 is 28.2 Å². The van der Waals surface area contributed by atoms with Gasteiger partial charge in [0.05, 0.1) is 0 Å². The highest BCUT2D eigenvalue weighted by atomic mass is 32.2. The lowest BCUT2D eigenvalue weighted by Crippen LogP contribution is -2.17. The number of aromatic nitrogens is 2. The second-order valence-electron chi connectivity index (χ2n) is 5.17. The van der Waals surface area contributed by atoms with Gasteiger partial charge in [-0.25, -0.2) is 0 Å². The molecule has 1 N–H and O–H groups in total. The van der Waals surface area contributed by atoms with E-state index in [9.17, 15) is 13.2 Å². The van der Waals surface area contributed by atoms with E-state index in [4.69, 9.17) is 0 Å². The third kappa shape index (κ3) is 5.00. The van der Waals surface area contributed by atoms with Gasteiger partial charge in [0, 0.05) is 11.3 Å².